The zero-order valence-corrected chi connectivity index (χ0v) is 12.4. The minimum Gasteiger partial charge on any atom is -0.490 e. The fraction of sp³-hybridized carbons (Fsp3) is 0.0625. The summed E-state index contributed by atoms with van der Waals surface area (Å²) in [5.74, 6) is 0.601. The zero-order valence-electron chi connectivity index (χ0n) is 10.8. The van der Waals surface area contributed by atoms with Crippen LogP contribution in [0.5, 0.6) is 5.75 Å². The molecule has 0 bridgehead atoms. The lowest BCUT2D eigenvalue weighted by Gasteiger charge is -2.07. The smallest absolute Gasteiger partial charge is 0.255 e. The van der Waals surface area contributed by atoms with Gasteiger partial charge in [-0.15, -0.1) is 0 Å². The van der Waals surface area contributed by atoms with Crippen LogP contribution in [0.15, 0.2) is 65.7 Å². The van der Waals surface area contributed by atoms with E-state index in [0.29, 0.717) is 12.2 Å². The lowest BCUT2D eigenvalue weighted by molar-refractivity contribution is 0.102. The molecule has 0 unspecified atom stereocenters. The monoisotopic (exact) mass is 331 g/mol. The van der Waals surface area contributed by atoms with Crippen LogP contribution in [0.25, 0.3) is 0 Å². The Morgan fingerprint density at radius 1 is 1.15 bits per heavy atom. The molecule has 0 saturated heterocycles. The summed E-state index contributed by atoms with van der Waals surface area (Å²) in [6.45, 7) is 4.05. The van der Waals surface area contributed by atoms with Crippen LogP contribution in [-0.4, -0.2) is 12.5 Å². The van der Waals surface area contributed by atoms with Crippen molar-refractivity contribution in [2.75, 3.05) is 11.9 Å². The molecule has 0 aliphatic carbocycles. The lowest BCUT2D eigenvalue weighted by atomic mass is 10.2. The molecule has 2 aromatic carbocycles. The summed E-state index contributed by atoms with van der Waals surface area (Å²) in [4.78, 5) is 12.0. The van der Waals surface area contributed by atoms with Crippen molar-refractivity contribution in [1.82, 2.24) is 0 Å². The summed E-state index contributed by atoms with van der Waals surface area (Å²) in [5.41, 5.74) is 1.34. The van der Waals surface area contributed by atoms with Gasteiger partial charge in [0.25, 0.3) is 5.91 Å². The number of carbonyl (C=O) groups excluding carboxylic acids is 1. The van der Waals surface area contributed by atoms with Crippen LogP contribution < -0.4 is 10.1 Å². The molecule has 4 heteroatoms. The molecule has 0 radical (unpaired) electrons. The molecule has 0 spiro atoms. The Hall–Kier alpha value is -2.07. The normalized spacial score (nSPS) is 9.85. The Kier molecular flexibility index (Phi) is 4.96. The Bertz CT molecular complexity index is 591. The largest absolute Gasteiger partial charge is 0.490 e. The minimum absolute atomic E-state index is 0.141. The quantitative estimate of drug-likeness (QED) is 0.831. The first kappa shape index (κ1) is 14.3. The maximum Gasteiger partial charge on any atom is 0.255 e. The molecular weight excluding hydrogens is 318 g/mol. The summed E-state index contributed by atoms with van der Waals surface area (Å²) in [6.07, 6.45) is 1.68. The average Bonchev–Trinajstić information content (AvgIpc) is 2.47. The number of nitrogens with one attached hydrogen (secondary N) is 1. The number of amides is 1. The van der Waals surface area contributed by atoms with Gasteiger partial charge in [0.05, 0.1) is 0 Å². The summed E-state index contributed by atoms with van der Waals surface area (Å²) in [7, 11) is 0. The van der Waals surface area contributed by atoms with E-state index < -0.39 is 0 Å². The third kappa shape index (κ3) is 3.96. The van der Waals surface area contributed by atoms with E-state index in [0.717, 1.165) is 15.9 Å². The van der Waals surface area contributed by atoms with Crippen molar-refractivity contribution in [2.45, 2.75) is 0 Å². The third-order valence-electron chi connectivity index (χ3n) is 2.59. The van der Waals surface area contributed by atoms with Gasteiger partial charge in [0.1, 0.15) is 12.4 Å². The molecule has 3 nitrogen and oxygen atoms in total. The molecule has 1 amide bonds. The van der Waals surface area contributed by atoms with Gasteiger partial charge in [0, 0.05) is 15.7 Å². The van der Waals surface area contributed by atoms with Gasteiger partial charge in [-0.2, -0.15) is 0 Å². The Balaban J connectivity index is 2.00. The molecule has 0 aliphatic rings. The highest BCUT2D eigenvalue weighted by atomic mass is 79.9. The molecule has 0 heterocycles. The second-order valence-corrected chi connectivity index (χ2v) is 5.00. The second-order valence-electron chi connectivity index (χ2n) is 4.09. The molecule has 20 heavy (non-hydrogen) atoms. The summed E-state index contributed by atoms with van der Waals surface area (Å²) in [5, 5.41) is 2.83. The van der Waals surface area contributed by atoms with Crippen LogP contribution >= 0.6 is 15.9 Å². The number of rotatable bonds is 5. The maximum absolute atomic E-state index is 12.0. The summed E-state index contributed by atoms with van der Waals surface area (Å²) < 4.78 is 6.32. The first-order valence-corrected chi connectivity index (χ1v) is 6.89. The van der Waals surface area contributed by atoms with Gasteiger partial charge < -0.3 is 10.1 Å². The summed E-state index contributed by atoms with van der Waals surface area (Å²) >= 11 is 3.34. The Morgan fingerprint density at radius 2 is 1.80 bits per heavy atom. The molecule has 1 N–H and O–H groups in total. The van der Waals surface area contributed by atoms with Gasteiger partial charge in [-0.25, -0.2) is 0 Å². The predicted octanol–water partition coefficient (Wildman–Crippen LogP) is 4.27. The Morgan fingerprint density at radius 3 is 2.40 bits per heavy atom. The first-order valence-electron chi connectivity index (χ1n) is 6.10. The molecule has 0 aliphatic heterocycles. The number of hydrogen-bond donors (Lipinski definition) is 1. The number of hydrogen-bond acceptors (Lipinski definition) is 2. The second kappa shape index (κ2) is 6.91. The van der Waals surface area contributed by atoms with Gasteiger partial charge in [-0.1, -0.05) is 28.6 Å². The lowest BCUT2D eigenvalue weighted by Crippen LogP contribution is -2.11. The third-order valence-corrected chi connectivity index (χ3v) is 3.12. The molecule has 2 aromatic rings. The number of benzene rings is 2. The van der Waals surface area contributed by atoms with Crippen LogP contribution in [0.1, 0.15) is 10.4 Å². The van der Waals surface area contributed by atoms with Crippen molar-refractivity contribution < 1.29 is 9.53 Å². The molecule has 0 aromatic heterocycles. The van der Waals surface area contributed by atoms with Crippen molar-refractivity contribution in [3.63, 3.8) is 0 Å². The molecule has 102 valence electrons. The van der Waals surface area contributed by atoms with Crippen LogP contribution in [0.4, 0.5) is 5.69 Å². The van der Waals surface area contributed by atoms with Crippen LogP contribution in [0.3, 0.4) is 0 Å². The van der Waals surface area contributed by atoms with E-state index in [1.807, 2.05) is 12.1 Å². The van der Waals surface area contributed by atoms with E-state index in [2.05, 4.69) is 27.8 Å². The van der Waals surface area contributed by atoms with Gasteiger partial charge in [0.2, 0.25) is 0 Å². The van der Waals surface area contributed by atoms with E-state index in [1.165, 1.54) is 0 Å². The first-order chi connectivity index (χ1) is 9.69. The van der Waals surface area contributed by atoms with Gasteiger partial charge in [0.15, 0.2) is 0 Å². The fourth-order valence-electron chi connectivity index (χ4n) is 1.59. The van der Waals surface area contributed by atoms with E-state index in [1.54, 1.807) is 42.5 Å². The molecule has 0 atom stereocenters. The van der Waals surface area contributed by atoms with E-state index in [9.17, 15) is 4.79 Å². The zero-order chi connectivity index (χ0) is 14.4. The van der Waals surface area contributed by atoms with Gasteiger partial charge in [-0.05, 0) is 48.5 Å². The predicted molar refractivity (Wildman–Crippen MR) is 84.2 cm³/mol. The molecule has 0 saturated carbocycles. The van der Waals surface area contributed by atoms with Gasteiger partial charge >= 0.3 is 0 Å². The minimum atomic E-state index is -0.141. The highest BCUT2D eigenvalue weighted by molar-refractivity contribution is 9.10. The van der Waals surface area contributed by atoms with Crippen LogP contribution in [0.2, 0.25) is 0 Å². The van der Waals surface area contributed by atoms with E-state index >= 15 is 0 Å². The number of ether oxygens (including phenoxy) is 1. The van der Waals surface area contributed by atoms with Gasteiger partial charge in [-0.3, -0.25) is 4.79 Å². The van der Waals surface area contributed by atoms with Crippen molar-refractivity contribution in [1.29, 1.82) is 0 Å². The van der Waals surface area contributed by atoms with Crippen molar-refractivity contribution >= 4 is 27.5 Å². The SMILES string of the molecule is C=CCOc1ccc(NC(=O)c2ccc(Br)cc2)cc1. The highest BCUT2D eigenvalue weighted by Crippen LogP contribution is 2.17. The van der Waals surface area contributed by atoms with E-state index in [4.69, 9.17) is 4.74 Å². The van der Waals surface area contributed by atoms with Crippen molar-refractivity contribution in [3.8, 4) is 5.75 Å². The standard InChI is InChI=1S/C16H14BrNO2/c1-2-11-20-15-9-7-14(8-10-15)18-16(19)12-3-5-13(17)6-4-12/h2-10H,1,11H2,(H,18,19). The van der Waals surface area contributed by atoms with Crippen molar-refractivity contribution in [3.05, 3.63) is 71.2 Å². The van der Waals surface area contributed by atoms with Crippen molar-refractivity contribution in [2.24, 2.45) is 0 Å². The van der Waals surface area contributed by atoms with E-state index in [-0.39, 0.29) is 5.91 Å². The number of halogens is 1. The number of carbonyl (C=O) groups is 1. The van der Waals surface area contributed by atoms with Crippen LogP contribution in [-0.2, 0) is 0 Å². The average molecular weight is 332 g/mol. The molecular formula is C16H14BrNO2. The summed E-state index contributed by atoms with van der Waals surface area (Å²) in [6, 6.07) is 14.4. The fourth-order valence-corrected chi connectivity index (χ4v) is 1.86. The Labute approximate surface area is 126 Å². The molecule has 2 rings (SSSR count). The molecule has 0 fully saturated rings. The highest BCUT2D eigenvalue weighted by Gasteiger charge is 2.05. The topological polar surface area (TPSA) is 38.3 Å². The van der Waals surface area contributed by atoms with Crippen LogP contribution in [0, 0.1) is 0 Å². The number of anilines is 1. The maximum atomic E-state index is 12.0.